The van der Waals surface area contributed by atoms with E-state index in [0.29, 0.717) is 22.3 Å². The van der Waals surface area contributed by atoms with Crippen molar-refractivity contribution < 1.29 is 4.79 Å². The minimum Gasteiger partial charge on any atom is -0.316 e. The Morgan fingerprint density at radius 1 is 1.46 bits per heavy atom. The SMILES string of the molecule is C=CCn1c(SCC(=O)Nc2sccc2C#N)nnc1-c1csc(C)c1CC. The first-order chi connectivity index (χ1) is 13.6. The van der Waals surface area contributed by atoms with Gasteiger partial charge in [0.15, 0.2) is 11.0 Å². The second-order valence-electron chi connectivity index (χ2n) is 5.86. The van der Waals surface area contributed by atoms with Crippen LogP contribution in [0.3, 0.4) is 0 Å². The molecule has 0 aliphatic carbocycles. The molecular weight excluding hydrogens is 410 g/mol. The van der Waals surface area contributed by atoms with Gasteiger partial charge in [-0.2, -0.15) is 5.26 Å². The van der Waals surface area contributed by atoms with Crippen molar-refractivity contribution in [3.8, 4) is 17.5 Å². The molecule has 9 heteroatoms. The molecule has 3 aromatic heterocycles. The molecule has 0 aromatic carbocycles. The summed E-state index contributed by atoms with van der Waals surface area (Å²) < 4.78 is 1.98. The van der Waals surface area contributed by atoms with Crippen molar-refractivity contribution in [1.29, 1.82) is 5.26 Å². The fraction of sp³-hybridized carbons (Fsp3) is 0.263. The van der Waals surface area contributed by atoms with Gasteiger partial charge in [-0.15, -0.1) is 39.4 Å². The number of nitriles is 1. The number of nitrogens with one attached hydrogen (secondary N) is 1. The van der Waals surface area contributed by atoms with E-state index in [0.717, 1.165) is 17.8 Å². The zero-order chi connectivity index (χ0) is 20.1. The normalized spacial score (nSPS) is 10.6. The molecule has 0 aliphatic rings. The second kappa shape index (κ2) is 9.19. The van der Waals surface area contributed by atoms with E-state index < -0.39 is 0 Å². The summed E-state index contributed by atoms with van der Waals surface area (Å²) in [5.74, 6) is 0.801. The molecule has 144 valence electrons. The van der Waals surface area contributed by atoms with Gasteiger partial charge in [0.2, 0.25) is 5.91 Å². The van der Waals surface area contributed by atoms with Crippen LogP contribution >= 0.6 is 34.4 Å². The van der Waals surface area contributed by atoms with E-state index in [2.05, 4.69) is 47.4 Å². The van der Waals surface area contributed by atoms with Crippen molar-refractivity contribution in [3.63, 3.8) is 0 Å². The molecule has 0 unspecified atom stereocenters. The summed E-state index contributed by atoms with van der Waals surface area (Å²) in [5, 5.41) is 25.7. The Hall–Kier alpha value is -2.41. The van der Waals surface area contributed by atoms with E-state index in [1.807, 2.05) is 4.57 Å². The predicted octanol–water partition coefficient (Wildman–Crippen LogP) is 4.73. The average molecular weight is 430 g/mol. The maximum Gasteiger partial charge on any atom is 0.235 e. The number of anilines is 1. The van der Waals surface area contributed by atoms with Gasteiger partial charge in [0.1, 0.15) is 11.1 Å². The van der Waals surface area contributed by atoms with E-state index in [1.165, 1.54) is 33.5 Å². The highest BCUT2D eigenvalue weighted by Gasteiger charge is 2.19. The van der Waals surface area contributed by atoms with Crippen molar-refractivity contribution in [2.45, 2.75) is 32.0 Å². The largest absolute Gasteiger partial charge is 0.316 e. The number of thiophene rings is 2. The molecule has 3 aromatic rings. The van der Waals surface area contributed by atoms with E-state index in [1.54, 1.807) is 28.9 Å². The first-order valence-corrected chi connectivity index (χ1v) is 11.3. The Bertz CT molecular complexity index is 1040. The summed E-state index contributed by atoms with van der Waals surface area (Å²) >= 11 is 4.36. The van der Waals surface area contributed by atoms with Crippen molar-refractivity contribution >= 4 is 45.3 Å². The van der Waals surface area contributed by atoms with E-state index in [9.17, 15) is 4.79 Å². The predicted molar refractivity (Wildman–Crippen MR) is 116 cm³/mol. The lowest BCUT2D eigenvalue weighted by molar-refractivity contribution is -0.113. The first kappa shape index (κ1) is 20.3. The van der Waals surface area contributed by atoms with Crippen LogP contribution in [0.1, 0.15) is 22.9 Å². The number of hydrogen-bond acceptors (Lipinski definition) is 7. The van der Waals surface area contributed by atoms with E-state index >= 15 is 0 Å². The minimum absolute atomic E-state index is 0.181. The summed E-state index contributed by atoms with van der Waals surface area (Å²) in [5.41, 5.74) is 2.84. The first-order valence-electron chi connectivity index (χ1n) is 8.60. The number of thioether (sulfide) groups is 1. The number of carbonyl (C=O) groups is 1. The van der Waals surface area contributed by atoms with E-state index in [4.69, 9.17) is 5.26 Å². The number of allylic oxidation sites excluding steroid dienone is 1. The Balaban J connectivity index is 1.77. The number of amides is 1. The molecule has 0 saturated carbocycles. The number of hydrogen-bond donors (Lipinski definition) is 1. The summed E-state index contributed by atoms with van der Waals surface area (Å²) in [7, 11) is 0. The standard InChI is InChI=1S/C19H19N5OS3/c1-4-7-24-17(15-10-27-12(3)14(15)5-2)22-23-19(24)28-11-16(25)21-18-13(9-20)6-8-26-18/h4,6,8,10H,1,5,7,11H2,2-3H3,(H,21,25). The Kier molecular flexibility index (Phi) is 6.67. The van der Waals surface area contributed by atoms with Gasteiger partial charge < -0.3 is 5.32 Å². The summed E-state index contributed by atoms with van der Waals surface area (Å²) in [6.07, 6.45) is 2.73. The smallest absolute Gasteiger partial charge is 0.235 e. The van der Waals surface area contributed by atoms with Crippen molar-refractivity contribution in [2.75, 3.05) is 11.1 Å². The van der Waals surface area contributed by atoms with Gasteiger partial charge in [0, 0.05) is 22.4 Å². The van der Waals surface area contributed by atoms with Gasteiger partial charge in [-0.25, -0.2) is 0 Å². The molecule has 0 fully saturated rings. The maximum atomic E-state index is 12.3. The monoisotopic (exact) mass is 429 g/mol. The summed E-state index contributed by atoms with van der Waals surface area (Å²) in [6.45, 7) is 8.64. The van der Waals surface area contributed by atoms with Crippen molar-refractivity contribution in [3.05, 3.63) is 45.5 Å². The molecule has 1 N–H and O–H groups in total. The van der Waals surface area contributed by atoms with Gasteiger partial charge >= 0.3 is 0 Å². The zero-order valence-electron chi connectivity index (χ0n) is 15.6. The fourth-order valence-electron chi connectivity index (χ4n) is 2.78. The van der Waals surface area contributed by atoms with Crippen LogP contribution in [0.4, 0.5) is 5.00 Å². The fourth-order valence-corrected chi connectivity index (χ4v) is 5.22. The highest BCUT2D eigenvalue weighted by Crippen LogP contribution is 2.32. The molecule has 28 heavy (non-hydrogen) atoms. The molecule has 0 aliphatic heterocycles. The van der Waals surface area contributed by atoms with Crippen LogP contribution in [-0.2, 0) is 17.8 Å². The number of aryl methyl sites for hydroxylation is 1. The molecule has 1 amide bonds. The number of rotatable bonds is 8. The second-order valence-corrected chi connectivity index (χ2v) is 8.80. The molecule has 3 heterocycles. The zero-order valence-corrected chi connectivity index (χ0v) is 18.0. The van der Waals surface area contributed by atoms with Gasteiger partial charge in [-0.1, -0.05) is 24.8 Å². The molecule has 3 rings (SSSR count). The third kappa shape index (κ3) is 4.19. The van der Waals surface area contributed by atoms with Crippen LogP contribution < -0.4 is 5.32 Å². The van der Waals surface area contributed by atoms with Crippen LogP contribution in [0.5, 0.6) is 0 Å². The number of aromatic nitrogens is 3. The van der Waals surface area contributed by atoms with Gasteiger partial charge in [0.05, 0.1) is 11.3 Å². The van der Waals surface area contributed by atoms with Gasteiger partial charge in [-0.05, 0) is 30.4 Å². The molecule has 0 radical (unpaired) electrons. The molecule has 0 saturated heterocycles. The minimum atomic E-state index is -0.181. The topological polar surface area (TPSA) is 83.6 Å². The lowest BCUT2D eigenvalue weighted by Gasteiger charge is -2.08. The quantitative estimate of drug-likeness (QED) is 0.413. The summed E-state index contributed by atoms with van der Waals surface area (Å²) in [4.78, 5) is 13.6. The van der Waals surface area contributed by atoms with Crippen LogP contribution in [0.25, 0.3) is 11.4 Å². The molecular formula is C19H19N5OS3. The molecule has 0 atom stereocenters. The highest BCUT2D eigenvalue weighted by atomic mass is 32.2. The molecule has 0 bridgehead atoms. The third-order valence-corrected chi connectivity index (χ3v) is 6.85. The van der Waals surface area contributed by atoms with Crippen LogP contribution in [-0.4, -0.2) is 26.4 Å². The van der Waals surface area contributed by atoms with Crippen LogP contribution in [0, 0.1) is 18.3 Å². The van der Waals surface area contributed by atoms with Gasteiger partial charge in [-0.3, -0.25) is 9.36 Å². The highest BCUT2D eigenvalue weighted by molar-refractivity contribution is 7.99. The van der Waals surface area contributed by atoms with E-state index in [-0.39, 0.29) is 11.7 Å². The Labute approximate surface area is 175 Å². The van der Waals surface area contributed by atoms with Gasteiger partial charge in [0.25, 0.3) is 0 Å². The van der Waals surface area contributed by atoms with Crippen LogP contribution in [0.15, 0.2) is 34.6 Å². The summed E-state index contributed by atoms with van der Waals surface area (Å²) in [6, 6.07) is 3.76. The average Bonchev–Trinajstić information content (AvgIpc) is 3.39. The third-order valence-electron chi connectivity index (χ3n) is 4.10. The lowest BCUT2D eigenvalue weighted by Crippen LogP contribution is -2.14. The maximum absolute atomic E-state index is 12.3. The van der Waals surface area contributed by atoms with Crippen LogP contribution in [0.2, 0.25) is 0 Å². The number of carbonyl (C=O) groups excluding carboxylic acids is 1. The number of nitrogens with zero attached hydrogens (tertiary/aromatic N) is 4. The molecule has 0 spiro atoms. The lowest BCUT2D eigenvalue weighted by atomic mass is 10.1. The Morgan fingerprint density at radius 2 is 2.29 bits per heavy atom. The molecule has 6 nitrogen and oxygen atoms in total. The van der Waals surface area contributed by atoms with Crippen molar-refractivity contribution in [1.82, 2.24) is 14.8 Å². The Morgan fingerprint density at radius 3 is 3.00 bits per heavy atom. The van der Waals surface area contributed by atoms with Crippen molar-refractivity contribution in [2.24, 2.45) is 0 Å².